The van der Waals surface area contributed by atoms with E-state index in [4.69, 9.17) is 4.74 Å². The highest BCUT2D eigenvalue weighted by atomic mass is 127. The summed E-state index contributed by atoms with van der Waals surface area (Å²) in [6, 6.07) is 8.13. The summed E-state index contributed by atoms with van der Waals surface area (Å²) in [6.07, 6.45) is 1.55. The van der Waals surface area contributed by atoms with Crippen LogP contribution in [0.1, 0.15) is 41.8 Å². The number of carbonyl (C=O) groups is 1. The number of carbonyl (C=O) groups excluding carboxylic acids is 1. The number of hydrogen-bond donors (Lipinski definition) is 2. The highest BCUT2D eigenvalue weighted by molar-refractivity contribution is 14.0. The Balaban J connectivity index is 0.00000450. The predicted molar refractivity (Wildman–Crippen MR) is 133 cm³/mol. The Hall–Kier alpha value is -1.88. The smallest absolute Gasteiger partial charge is 0.410 e. The third-order valence-electron chi connectivity index (χ3n) is 3.91. The average molecular weight is 545 g/mol. The molecule has 7 nitrogen and oxygen atoms in total. The summed E-state index contributed by atoms with van der Waals surface area (Å²) >= 11 is 1.67. The molecule has 0 aliphatic heterocycles. The van der Waals surface area contributed by atoms with E-state index in [0.717, 1.165) is 22.1 Å². The molecule has 0 saturated heterocycles. The third-order valence-corrected chi connectivity index (χ3v) is 4.82. The van der Waals surface area contributed by atoms with Crippen LogP contribution in [0.4, 0.5) is 4.79 Å². The van der Waals surface area contributed by atoms with Gasteiger partial charge in [-0.15, -0.1) is 35.3 Å². The van der Waals surface area contributed by atoms with Crippen LogP contribution in [0.2, 0.25) is 0 Å². The van der Waals surface area contributed by atoms with Crippen molar-refractivity contribution in [2.75, 3.05) is 14.1 Å². The summed E-state index contributed by atoms with van der Waals surface area (Å²) in [5, 5.41) is 7.60. The molecule has 0 bridgehead atoms. The molecule has 0 aliphatic carbocycles. The molecule has 0 aliphatic rings. The fourth-order valence-corrected chi connectivity index (χ4v) is 3.22. The molecule has 0 atom stereocenters. The van der Waals surface area contributed by atoms with E-state index in [2.05, 4.69) is 20.6 Å². The van der Waals surface area contributed by atoms with E-state index in [9.17, 15) is 4.79 Å². The van der Waals surface area contributed by atoms with Gasteiger partial charge in [-0.3, -0.25) is 4.99 Å². The maximum Gasteiger partial charge on any atom is 0.410 e. The number of nitrogens with zero attached hydrogens (tertiary/aromatic N) is 3. The van der Waals surface area contributed by atoms with Crippen LogP contribution in [0.5, 0.6) is 0 Å². The zero-order valence-electron chi connectivity index (χ0n) is 18.5. The van der Waals surface area contributed by atoms with E-state index in [1.807, 2.05) is 58.2 Å². The fourth-order valence-electron chi connectivity index (χ4n) is 2.49. The molecule has 0 spiro atoms. The lowest BCUT2D eigenvalue weighted by atomic mass is 10.1. The third kappa shape index (κ3) is 9.29. The zero-order chi connectivity index (χ0) is 21.4. The zero-order valence-corrected chi connectivity index (χ0v) is 21.6. The van der Waals surface area contributed by atoms with Crippen molar-refractivity contribution in [3.05, 3.63) is 51.5 Å². The first-order valence-electron chi connectivity index (χ1n) is 9.54. The van der Waals surface area contributed by atoms with Crippen LogP contribution in [-0.2, 0) is 24.4 Å². The second-order valence-corrected chi connectivity index (χ2v) is 9.12. The van der Waals surface area contributed by atoms with Gasteiger partial charge >= 0.3 is 6.09 Å². The molecule has 1 aromatic heterocycles. The lowest BCUT2D eigenvalue weighted by Crippen LogP contribution is -2.36. The van der Waals surface area contributed by atoms with Crippen molar-refractivity contribution in [1.82, 2.24) is 20.5 Å². The first-order chi connectivity index (χ1) is 13.7. The second-order valence-electron chi connectivity index (χ2n) is 7.80. The number of hydrogen-bond acceptors (Lipinski definition) is 5. The topological polar surface area (TPSA) is 78.9 Å². The van der Waals surface area contributed by atoms with Crippen molar-refractivity contribution < 1.29 is 9.53 Å². The fraction of sp³-hybridized carbons (Fsp3) is 0.476. The Labute approximate surface area is 200 Å². The Morgan fingerprint density at radius 2 is 1.77 bits per heavy atom. The summed E-state index contributed by atoms with van der Waals surface area (Å²) < 4.78 is 5.38. The summed E-state index contributed by atoms with van der Waals surface area (Å²) in [4.78, 5) is 23.4. The van der Waals surface area contributed by atoms with Gasteiger partial charge in [0.2, 0.25) is 0 Å². The number of ether oxygens (including phenoxy) is 1. The van der Waals surface area contributed by atoms with Gasteiger partial charge < -0.3 is 20.3 Å². The van der Waals surface area contributed by atoms with Crippen LogP contribution in [0.25, 0.3) is 0 Å². The summed E-state index contributed by atoms with van der Waals surface area (Å²) in [5.41, 5.74) is 1.68. The summed E-state index contributed by atoms with van der Waals surface area (Å²) in [7, 11) is 3.49. The average Bonchev–Trinajstić information content (AvgIpc) is 3.07. The summed E-state index contributed by atoms with van der Waals surface area (Å²) in [5.74, 6) is 0.728. The maximum atomic E-state index is 12.1. The van der Waals surface area contributed by atoms with Crippen molar-refractivity contribution in [3.8, 4) is 0 Å². The molecule has 0 unspecified atom stereocenters. The van der Waals surface area contributed by atoms with Gasteiger partial charge in [-0.05, 0) is 38.8 Å². The largest absolute Gasteiger partial charge is 0.444 e. The van der Waals surface area contributed by atoms with Crippen molar-refractivity contribution in [3.63, 3.8) is 0 Å². The minimum atomic E-state index is -0.494. The molecule has 0 saturated carbocycles. The van der Waals surface area contributed by atoms with Crippen molar-refractivity contribution in [2.24, 2.45) is 4.99 Å². The minimum absolute atomic E-state index is 0. The van der Waals surface area contributed by atoms with E-state index in [0.29, 0.717) is 19.6 Å². The molecule has 1 aromatic carbocycles. The van der Waals surface area contributed by atoms with E-state index in [1.54, 1.807) is 30.3 Å². The van der Waals surface area contributed by atoms with E-state index in [1.165, 1.54) is 4.88 Å². The summed E-state index contributed by atoms with van der Waals surface area (Å²) in [6.45, 7) is 9.43. The molecule has 2 rings (SSSR count). The number of amides is 1. The van der Waals surface area contributed by atoms with Gasteiger partial charge in [0.05, 0.1) is 6.54 Å². The Morgan fingerprint density at radius 1 is 1.17 bits per heavy atom. The SMILES string of the molecule is CN=C(NCc1ccc(CN(C)C(=O)OC(C)(C)C)cc1)NCc1ncc(C)s1.I. The maximum absolute atomic E-state index is 12.1. The molecule has 2 aromatic rings. The molecule has 1 amide bonds. The van der Waals surface area contributed by atoms with Crippen LogP contribution in [-0.4, -0.2) is 41.6 Å². The molecule has 0 fully saturated rings. The quantitative estimate of drug-likeness (QED) is 0.322. The number of aryl methyl sites for hydroxylation is 1. The number of nitrogens with one attached hydrogen (secondary N) is 2. The predicted octanol–water partition coefficient (Wildman–Crippen LogP) is 4.30. The molecular weight excluding hydrogens is 513 g/mol. The van der Waals surface area contributed by atoms with Crippen LogP contribution in [0.15, 0.2) is 35.5 Å². The normalized spacial score (nSPS) is 11.5. The lowest BCUT2D eigenvalue weighted by molar-refractivity contribution is 0.0285. The van der Waals surface area contributed by atoms with Crippen LogP contribution in [0, 0.1) is 6.92 Å². The van der Waals surface area contributed by atoms with Gasteiger partial charge in [0.15, 0.2) is 5.96 Å². The lowest BCUT2D eigenvalue weighted by Gasteiger charge is -2.24. The van der Waals surface area contributed by atoms with Crippen molar-refractivity contribution in [2.45, 2.75) is 52.9 Å². The monoisotopic (exact) mass is 545 g/mol. The van der Waals surface area contributed by atoms with Crippen LogP contribution >= 0.6 is 35.3 Å². The number of guanidine groups is 1. The number of benzene rings is 1. The van der Waals surface area contributed by atoms with Gasteiger partial charge in [0.25, 0.3) is 0 Å². The Bertz CT molecular complexity index is 831. The molecule has 1 heterocycles. The second kappa shape index (κ2) is 12.1. The Morgan fingerprint density at radius 3 is 2.30 bits per heavy atom. The number of aromatic nitrogens is 1. The highest BCUT2D eigenvalue weighted by Crippen LogP contribution is 2.12. The van der Waals surface area contributed by atoms with Crippen LogP contribution < -0.4 is 10.6 Å². The first-order valence-corrected chi connectivity index (χ1v) is 10.4. The molecule has 166 valence electrons. The van der Waals surface area contributed by atoms with Gasteiger partial charge in [-0.2, -0.15) is 0 Å². The van der Waals surface area contributed by atoms with Crippen molar-refractivity contribution in [1.29, 1.82) is 0 Å². The minimum Gasteiger partial charge on any atom is -0.444 e. The van der Waals surface area contributed by atoms with Gasteiger partial charge in [-0.25, -0.2) is 9.78 Å². The molecule has 9 heteroatoms. The molecular formula is C21H32IN5O2S. The standard InChI is InChI=1S/C21H31N5O2S.HI/c1-15-11-23-18(29-15)13-25-19(22-5)24-12-16-7-9-17(10-8-16)14-26(6)20(27)28-21(2,3)4;/h7-11H,12-14H2,1-6H3,(H2,22,24,25);1H. The van der Waals surface area contributed by atoms with Gasteiger partial charge in [0.1, 0.15) is 10.6 Å². The van der Waals surface area contributed by atoms with Crippen LogP contribution in [0.3, 0.4) is 0 Å². The highest BCUT2D eigenvalue weighted by Gasteiger charge is 2.19. The van der Waals surface area contributed by atoms with Gasteiger partial charge in [0, 0.05) is 38.3 Å². The first kappa shape index (κ1) is 26.2. The number of thiazole rings is 1. The van der Waals surface area contributed by atoms with E-state index < -0.39 is 5.60 Å². The molecule has 0 radical (unpaired) electrons. The van der Waals surface area contributed by atoms with Crippen molar-refractivity contribution >= 4 is 47.4 Å². The van der Waals surface area contributed by atoms with Gasteiger partial charge in [-0.1, -0.05) is 24.3 Å². The molecule has 30 heavy (non-hydrogen) atoms. The number of rotatable bonds is 6. The Kier molecular flexibility index (Phi) is 10.5. The van der Waals surface area contributed by atoms with E-state index in [-0.39, 0.29) is 30.1 Å². The number of halogens is 1. The number of aliphatic imine (C=N–C) groups is 1. The van der Waals surface area contributed by atoms with E-state index >= 15 is 0 Å². The molecule has 2 N–H and O–H groups in total.